The molecule has 1 aromatic heterocycles. The van der Waals surface area contributed by atoms with Crippen LogP contribution in [0.4, 0.5) is 5.69 Å². The minimum Gasteiger partial charge on any atom is -0.497 e. The van der Waals surface area contributed by atoms with Gasteiger partial charge in [-0.3, -0.25) is 0 Å². The summed E-state index contributed by atoms with van der Waals surface area (Å²) in [4.78, 5) is 5.29. The Morgan fingerprint density at radius 2 is 1.76 bits per heavy atom. The minimum atomic E-state index is 0.745. The van der Waals surface area contributed by atoms with Gasteiger partial charge < -0.3 is 9.73 Å². The fourth-order valence-electron chi connectivity index (χ4n) is 1.98. The zero-order valence-corrected chi connectivity index (χ0v) is 12.7. The predicted octanol–water partition coefficient (Wildman–Crippen LogP) is 2.44. The van der Waals surface area contributed by atoms with E-state index in [0.29, 0.717) is 0 Å². The van der Waals surface area contributed by atoms with Gasteiger partial charge in [0.15, 0.2) is 0 Å². The quantitative estimate of drug-likeness (QED) is 0.697. The number of aryl methyl sites for hydroxylation is 1. The number of hydrogen-bond acceptors (Lipinski definition) is 3. The van der Waals surface area contributed by atoms with Gasteiger partial charge in [-0.1, -0.05) is 41.7 Å². The van der Waals surface area contributed by atoms with Crippen molar-refractivity contribution in [1.29, 1.82) is 0 Å². The Balaban J connectivity index is 1.99. The summed E-state index contributed by atoms with van der Waals surface area (Å²) >= 11 is 1.57. The number of para-hydroxylation sites is 1. The summed E-state index contributed by atoms with van der Waals surface area (Å²) in [7, 11) is 3.60. The van der Waals surface area contributed by atoms with Crippen LogP contribution in [0.15, 0.2) is 59.6 Å². The van der Waals surface area contributed by atoms with E-state index in [9.17, 15) is 0 Å². The molecule has 0 atom stereocenters. The van der Waals surface area contributed by atoms with Gasteiger partial charge in [-0.25, -0.2) is 0 Å². The lowest BCUT2D eigenvalue weighted by Crippen LogP contribution is -2.36. The molecule has 0 saturated carbocycles. The first-order valence-corrected chi connectivity index (χ1v) is 7.36. The van der Waals surface area contributed by atoms with Gasteiger partial charge in [-0.15, -0.1) is 0 Å². The van der Waals surface area contributed by atoms with Crippen molar-refractivity contribution in [2.24, 2.45) is 12.0 Å². The third-order valence-corrected chi connectivity index (χ3v) is 4.08. The molecule has 0 aliphatic rings. The molecule has 0 N–H and O–H groups in total. The molecular weight excluding hydrogens is 282 g/mol. The number of rotatable bonds is 3. The van der Waals surface area contributed by atoms with Crippen LogP contribution < -0.4 is 19.3 Å². The van der Waals surface area contributed by atoms with Crippen LogP contribution in [-0.4, -0.2) is 7.11 Å². The molecule has 0 spiro atoms. The molecule has 0 amide bonds. The second-order valence-electron chi connectivity index (χ2n) is 4.49. The van der Waals surface area contributed by atoms with Gasteiger partial charge >= 0.3 is 0 Å². The zero-order chi connectivity index (χ0) is 14.7. The number of aromatic nitrogens is 2. The summed E-state index contributed by atoms with van der Waals surface area (Å²) in [5, 5.41) is 5.52. The standard InChI is InChI=1S/C16H15N3OS/c1-19-15(12-8-10-14(20-2)11-9-12)21-16(18-19)17-13-6-4-3-5-7-13/h3-11H,1-2H3. The molecule has 0 unspecified atom stereocenters. The van der Waals surface area contributed by atoms with E-state index in [0.717, 1.165) is 26.8 Å². The summed E-state index contributed by atoms with van der Waals surface area (Å²) in [6, 6.07) is 17.8. The lowest BCUT2D eigenvalue weighted by molar-refractivity contribution is -0.721. The minimum absolute atomic E-state index is 0.745. The smallest absolute Gasteiger partial charge is 0.275 e. The van der Waals surface area contributed by atoms with Crippen molar-refractivity contribution in [1.82, 2.24) is 5.10 Å². The van der Waals surface area contributed by atoms with Crippen LogP contribution in [-0.2, 0) is 7.05 Å². The Hall–Kier alpha value is -2.40. The van der Waals surface area contributed by atoms with E-state index >= 15 is 0 Å². The largest absolute Gasteiger partial charge is 0.497 e. The number of ether oxygens (including phenoxy) is 1. The van der Waals surface area contributed by atoms with E-state index < -0.39 is 0 Å². The highest BCUT2D eigenvalue weighted by Gasteiger charge is 2.10. The fourth-order valence-corrected chi connectivity index (χ4v) is 2.90. The van der Waals surface area contributed by atoms with Gasteiger partial charge in [0, 0.05) is 0 Å². The van der Waals surface area contributed by atoms with Crippen molar-refractivity contribution in [3.8, 4) is 16.3 Å². The van der Waals surface area contributed by atoms with Crippen molar-refractivity contribution in [3.05, 3.63) is 59.4 Å². The second kappa shape index (κ2) is 5.93. The van der Waals surface area contributed by atoms with Gasteiger partial charge in [0.1, 0.15) is 12.8 Å². The van der Waals surface area contributed by atoms with Crippen LogP contribution in [0.25, 0.3) is 10.6 Å². The van der Waals surface area contributed by atoms with E-state index in [1.165, 1.54) is 0 Å². The van der Waals surface area contributed by atoms with Gasteiger partial charge in [-0.2, -0.15) is 9.78 Å². The molecule has 3 rings (SSSR count). The Bertz CT molecular complexity index is 788. The maximum absolute atomic E-state index is 5.18. The molecule has 3 aromatic rings. The van der Waals surface area contributed by atoms with Crippen LogP contribution >= 0.6 is 11.3 Å². The molecule has 106 valence electrons. The number of nitrogens with zero attached hydrogens (tertiary/aromatic N) is 3. The van der Waals surface area contributed by atoms with E-state index in [4.69, 9.17) is 4.74 Å². The maximum Gasteiger partial charge on any atom is 0.275 e. The molecule has 5 heteroatoms. The van der Waals surface area contributed by atoms with Crippen molar-refractivity contribution in [3.63, 3.8) is 0 Å². The van der Waals surface area contributed by atoms with Crippen LogP contribution in [0.5, 0.6) is 5.75 Å². The molecule has 0 saturated heterocycles. The molecule has 21 heavy (non-hydrogen) atoms. The third kappa shape index (κ3) is 3.03. The Morgan fingerprint density at radius 3 is 2.43 bits per heavy atom. The van der Waals surface area contributed by atoms with Crippen LogP contribution in [0.2, 0.25) is 0 Å². The van der Waals surface area contributed by atoms with Gasteiger partial charge in [0.25, 0.3) is 5.01 Å². The average Bonchev–Trinajstić information content (AvgIpc) is 2.89. The highest BCUT2D eigenvalue weighted by Crippen LogP contribution is 2.21. The summed E-state index contributed by atoms with van der Waals surface area (Å²) in [6.07, 6.45) is 0. The normalized spacial score (nSPS) is 11.6. The topological polar surface area (TPSA) is 39.6 Å². The van der Waals surface area contributed by atoms with Crippen molar-refractivity contribution in [2.45, 2.75) is 0 Å². The first-order valence-electron chi connectivity index (χ1n) is 6.54. The summed E-state index contributed by atoms with van der Waals surface area (Å²) in [6.45, 7) is 0. The second-order valence-corrected chi connectivity index (χ2v) is 5.45. The Kier molecular flexibility index (Phi) is 3.83. The van der Waals surface area contributed by atoms with Crippen molar-refractivity contribution >= 4 is 17.0 Å². The third-order valence-electron chi connectivity index (χ3n) is 3.04. The highest BCUT2D eigenvalue weighted by molar-refractivity contribution is 7.11. The summed E-state index contributed by atoms with van der Waals surface area (Å²) in [5.41, 5.74) is 2.01. The molecule has 0 fully saturated rings. The Morgan fingerprint density at radius 1 is 1.05 bits per heavy atom. The number of methoxy groups -OCH3 is 1. The summed E-state index contributed by atoms with van der Waals surface area (Å²) in [5.74, 6) is 0.847. The van der Waals surface area contributed by atoms with Crippen LogP contribution in [0.1, 0.15) is 0 Å². The van der Waals surface area contributed by atoms with E-state index in [1.54, 1.807) is 18.4 Å². The van der Waals surface area contributed by atoms with Crippen LogP contribution in [0, 0.1) is 0 Å². The van der Waals surface area contributed by atoms with Gasteiger partial charge in [0.2, 0.25) is 0 Å². The van der Waals surface area contributed by atoms with Gasteiger partial charge in [-0.05, 0) is 30.0 Å². The van der Waals surface area contributed by atoms with E-state index in [1.807, 2.05) is 66.3 Å². The monoisotopic (exact) mass is 297 g/mol. The highest BCUT2D eigenvalue weighted by atomic mass is 32.1. The van der Waals surface area contributed by atoms with E-state index in [-0.39, 0.29) is 0 Å². The molecule has 0 radical (unpaired) electrons. The molecule has 2 aromatic carbocycles. The zero-order valence-electron chi connectivity index (χ0n) is 11.9. The maximum atomic E-state index is 5.18. The number of benzene rings is 2. The molecular formula is C16H15N3OS. The summed E-state index contributed by atoms with van der Waals surface area (Å²) < 4.78 is 7.04. The van der Waals surface area contributed by atoms with Crippen molar-refractivity contribution in [2.75, 3.05) is 7.11 Å². The molecule has 4 nitrogen and oxygen atoms in total. The fraction of sp³-hybridized carbons (Fsp3) is 0.125. The number of hydrogen-bond donors (Lipinski definition) is 0. The van der Waals surface area contributed by atoms with Gasteiger partial charge in [0.05, 0.1) is 17.5 Å². The molecule has 1 heterocycles. The predicted molar refractivity (Wildman–Crippen MR) is 82.5 cm³/mol. The first-order chi connectivity index (χ1) is 10.3. The lowest BCUT2D eigenvalue weighted by atomic mass is 10.2. The van der Waals surface area contributed by atoms with Crippen molar-refractivity contribution < 1.29 is 9.42 Å². The Labute approximate surface area is 127 Å². The average molecular weight is 297 g/mol. The molecule has 0 bridgehead atoms. The van der Waals surface area contributed by atoms with E-state index in [2.05, 4.69) is 10.1 Å². The molecule has 0 aliphatic heterocycles. The first kappa shape index (κ1) is 13.6. The van der Waals surface area contributed by atoms with Crippen LogP contribution in [0.3, 0.4) is 0 Å². The lowest BCUT2D eigenvalue weighted by Gasteiger charge is -1.99. The SMILES string of the molecule is COc1ccc(-c2sc(=Nc3ccccc3)[n-][n+]2C)cc1. The molecule has 0 aliphatic carbocycles.